The van der Waals surface area contributed by atoms with Crippen LogP contribution in [-0.2, 0) is 19.7 Å². The average molecular weight is 422 g/mol. The molecule has 1 aliphatic heterocycles. The molecule has 0 aromatic rings. The molecule has 1 saturated heterocycles. The summed E-state index contributed by atoms with van der Waals surface area (Å²) in [6, 6.07) is 0. The summed E-state index contributed by atoms with van der Waals surface area (Å²) in [7, 11) is -3.97. The van der Waals surface area contributed by atoms with Gasteiger partial charge in [-0.1, -0.05) is 0 Å². The van der Waals surface area contributed by atoms with Crippen LogP contribution < -0.4 is 9.44 Å². The van der Waals surface area contributed by atoms with E-state index in [1.54, 1.807) is 25.7 Å². The highest BCUT2D eigenvalue weighted by Crippen LogP contribution is 2.22. The van der Waals surface area contributed by atoms with E-state index in [-0.39, 0.29) is 18.6 Å². The second kappa shape index (κ2) is 9.78. The monoisotopic (exact) mass is 421 g/mol. The molecule has 2 N–H and O–H groups in total. The van der Waals surface area contributed by atoms with Crippen molar-refractivity contribution < 1.29 is 27.5 Å². The van der Waals surface area contributed by atoms with Crippen molar-refractivity contribution in [3.63, 3.8) is 0 Å². The van der Waals surface area contributed by atoms with E-state index in [2.05, 4.69) is 4.72 Å². The summed E-state index contributed by atoms with van der Waals surface area (Å²) in [6.07, 6.45) is 1.82. The van der Waals surface area contributed by atoms with E-state index in [9.17, 15) is 18.0 Å². The third kappa shape index (κ3) is 10.7. The highest BCUT2D eigenvalue weighted by molar-refractivity contribution is 7.88. The first kappa shape index (κ1) is 24.5. The van der Waals surface area contributed by atoms with Gasteiger partial charge in [-0.3, -0.25) is 0 Å². The number of carbonyl (C=O) groups excluding carboxylic acids is 2. The minimum atomic E-state index is -3.97. The average Bonchev–Trinajstić information content (AvgIpc) is 2.68. The standard InChI is InChI=1S/C18H35N3O6S/c1-17(2,3)26-15(22)20-28(24,25)19-11-9-14-8-7-12-21(13-10-14)16(23)27-18(4,5)6/h14,19H,7-13H2,1-6H3,(H,20,22). The summed E-state index contributed by atoms with van der Waals surface area (Å²) < 4.78 is 38.4. The second-order valence-electron chi connectivity index (χ2n) is 9.05. The Balaban J connectivity index is 2.39. The Labute approximate surface area is 168 Å². The Morgan fingerprint density at radius 2 is 1.61 bits per heavy atom. The second-order valence-corrected chi connectivity index (χ2v) is 10.6. The molecule has 1 atom stereocenters. The maximum atomic E-state index is 12.2. The summed E-state index contributed by atoms with van der Waals surface area (Å²) in [6.45, 7) is 11.9. The number of rotatable bonds is 5. The normalized spacial score (nSPS) is 18.9. The van der Waals surface area contributed by atoms with E-state index in [0.717, 1.165) is 19.3 Å². The summed E-state index contributed by atoms with van der Waals surface area (Å²) in [5.41, 5.74) is -1.30. The van der Waals surface area contributed by atoms with Crippen LogP contribution in [-0.4, -0.2) is 56.3 Å². The highest BCUT2D eigenvalue weighted by atomic mass is 32.2. The van der Waals surface area contributed by atoms with Gasteiger partial charge in [0.2, 0.25) is 0 Å². The predicted octanol–water partition coefficient (Wildman–Crippen LogP) is 2.77. The molecule has 1 rings (SSSR count). The molecule has 0 aliphatic carbocycles. The van der Waals surface area contributed by atoms with Crippen LogP contribution in [0.5, 0.6) is 0 Å². The van der Waals surface area contributed by atoms with E-state index in [1.807, 2.05) is 25.5 Å². The van der Waals surface area contributed by atoms with Crippen LogP contribution in [0.3, 0.4) is 0 Å². The number of carbonyl (C=O) groups is 2. The van der Waals surface area contributed by atoms with E-state index >= 15 is 0 Å². The van der Waals surface area contributed by atoms with Crippen LogP contribution in [0.25, 0.3) is 0 Å². The predicted molar refractivity (Wildman–Crippen MR) is 106 cm³/mol. The first-order valence-electron chi connectivity index (χ1n) is 9.65. The minimum Gasteiger partial charge on any atom is -0.444 e. The lowest BCUT2D eigenvalue weighted by atomic mass is 9.97. The molecule has 10 heteroatoms. The van der Waals surface area contributed by atoms with E-state index in [0.29, 0.717) is 19.5 Å². The van der Waals surface area contributed by atoms with Gasteiger partial charge >= 0.3 is 22.4 Å². The maximum Gasteiger partial charge on any atom is 0.422 e. The van der Waals surface area contributed by atoms with Crippen LogP contribution in [0.1, 0.15) is 67.2 Å². The molecule has 0 spiro atoms. The third-order valence-electron chi connectivity index (χ3n) is 3.96. The van der Waals surface area contributed by atoms with Crippen LogP contribution >= 0.6 is 0 Å². The first-order chi connectivity index (χ1) is 12.7. The summed E-state index contributed by atoms with van der Waals surface area (Å²) >= 11 is 0. The van der Waals surface area contributed by atoms with Crippen LogP contribution in [0, 0.1) is 5.92 Å². The fourth-order valence-corrected chi connectivity index (χ4v) is 3.53. The summed E-state index contributed by atoms with van der Waals surface area (Å²) in [5, 5.41) is 0. The Kier molecular flexibility index (Phi) is 8.55. The highest BCUT2D eigenvalue weighted by Gasteiger charge is 2.26. The minimum absolute atomic E-state index is 0.204. The molecule has 0 saturated carbocycles. The van der Waals surface area contributed by atoms with Gasteiger partial charge < -0.3 is 14.4 Å². The molecule has 0 aromatic heterocycles. The molecule has 2 amide bonds. The summed E-state index contributed by atoms with van der Waals surface area (Å²) in [5.74, 6) is 0.289. The fraction of sp³-hybridized carbons (Fsp3) is 0.889. The Hall–Kier alpha value is -1.55. The molecule has 0 aromatic carbocycles. The number of amides is 2. The third-order valence-corrected chi connectivity index (χ3v) is 4.98. The Bertz CT molecular complexity index is 637. The number of hydrogen-bond acceptors (Lipinski definition) is 6. The first-order valence-corrected chi connectivity index (χ1v) is 11.1. The quantitative estimate of drug-likeness (QED) is 0.705. The van der Waals surface area contributed by atoms with Crippen molar-refractivity contribution in [2.24, 2.45) is 5.92 Å². The lowest BCUT2D eigenvalue weighted by molar-refractivity contribution is 0.0254. The van der Waals surface area contributed by atoms with Crippen molar-refractivity contribution in [3.05, 3.63) is 0 Å². The van der Waals surface area contributed by atoms with Crippen molar-refractivity contribution in [2.45, 2.75) is 78.4 Å². The number of hydrogen-bond donors (Lipinski definition) is 2. The molecule has 1 fully saturated rings. The van der Waals surface area contributed by atoms with Crippen molar-refractivity contribution >= 4 is 22.4 Å². The van der Waals surface area contributed by atoms with Gasteiger partial charge in [0, 0.05) is 19.6 Å². The van der Waals surface area contributed by atoms with Gasteiger partial charge in [-0.25, -0.2) is 14.3 Å². The number of nitrogens with zero attached hydrogens (tertiary/aromatic N) is 1. The SMILES string of the molecule is CC(C)(C)OC(=O)NS(=O)(=O)NCCC1CCCN(C(=O)OC(C)(C)C)CC1. The van der Waals surface area contributed by atoms with E-state index < -0.39 is 27.5 Å². The molecule has 1 aliphatic rings. The largest absolute Gasteiger partial charge is 0.444 e. The Morgan fingerprint density at radius 1 is 1.00 bits per heavy atom. The molecule has 28 heavy (non-hydrogen) atoms. The molecule has 1 heterocycles. The number of likely N-dealkylation sites (tertiary alicyclic amines) is 1. The van der Waals surface area contributed by atoms with Gasteiger partial charge in [-0.2, -0.15) is 13.1 Å². The zero-order valence-electron chi connectivity index (χ0n) is 17.8. The van der Waals surface area contributed by atoms with Gasteiger partial charge in [-0.15, -0.1) is 0 Å². The molecule has 0 bridgehead atoms. The van der Waals surface area contributed by atoms with Gasteiger partial charge in [0.15, 0.2) is 0 Å². The molecular formula is C18H35N3O6S. The van der Waals surface area contributed by atoms with Crippen molar-refractivity contribution in [3.8, 4) is 0 Å². The topological polar surface area (TPSA) is 114 Å². The van der Waals surface area contributed by atoms with Crippen LogP contribution in [0.4, 0.5) is 9.59 Å². The van der Waals surface area contributed by atoms with Crippen molar-refractivity contribution in [2.75, 3.05) is 19.6 Å². The smallest absolute Gasteiger partial charge is 0.422 e. The zero-order valence-corrected chi connectivity index (χ0v) is 18.6. The van der Waals surface area contributed by atoms with Crippen molar-refractivity contribution in [1.82, 2.24) is 14.3 Å². The lowest BCUT2D eigenvalue weighted by Crippen LogP contribution is -2.43. The number of nitrogens with one attached hydrogen (secondary N) is 2. The maximum absolute atomic E-state index is 12.2. The Morgan fingerprint density at radius 3 is 2.18 bits per heavy atom. The molecule has 9 nitrogen and oxygen atoms in total. The van der Waals surface area contributed by atoms with Gasteiger partial charge in [0.05, 0.1) is 0 Å². The van der Waals surface area contributed by atoms with E-state index in [4.69, 9.17) is 9.47 Å². The summed E-state index contributed by atoms with van der Waals surface area (Å²) in [4.78, 5) is 25.5. The zero-order chi connectivity index (χ0) is 21.6. The molecule has 1 unspecified atom stereocenters. The molecule has 164 valence electrons. The van der Waals surface area contributed by atoms with Crippen LogP contribution in [0.15, 0.2) is 0 Å². The van der Waals surface area contributed by atoms with Crippen LogP contribution in [0.2, 0.25) is 0 Å². The lowest BCUT2D eigenvalue weighted by Gasteiger charge is -2.26. The van der Waals surface area contributed by atoms with Gasteiger partial charge in [-0.05, 0) is 73.1 Å². The van der Waals surface area contributed by atoms with Gasteiger partial charge in [0.25, 0.3) is 0 Å². The molecule has 0 radical (unpaired) electrons. The fourth-order valence-electron chi connectivity index (χ4n) is 2.81. The number of ether oxygens (including phenoxy) is 2. The van der Waals surface area contributed by atoms with Gasteiger partial charge in [0.1, 0.15) is 11.2 Å². The van der Waals surface area contributed by atoms with E-state index in [1.165, 1.54) is 0 Å². The molecular weight excluding hydrogens is 386 g/mol. The van der Waals surface area contributed by atoms with Crippen molar-refractivity contribution in [1.29, 1.82) is 0 Å².